The summed E-state index contributed by atoms with van der Waals surface area (Å²) in [6.07, 6.45) is 3.25. The number of aromatic amines is 1. The van der Waals surface area contributed by atoms with Crippen LogP contribution in [0.2, 0.25) is 0 Å². The Morgan fingerprint density at radius 2 is 2.12 bits per heavy atom. The lowest BCUT2D eigenvalue weighted by molar-refractivity contribution is 0.0566. The molecular formula is C21H17F2N9O2. The van der Waals surface area contributed by atoms with Gasteiger partial charge < -0.3 is 14.3 Å². The lowest BCUT2D eigenvalue weighted by Gasteiger charge is -2.32. The second kappa shape index (κ2) is 7.57. The van der Waals surface area contributed by atoms with Gasteiger partial charge >= 0.3 is 18.3 Å². The van der Waals surface area contributed by atoms with E-state index in [-0.39, 0.29) is 17.5 Å². The first-order valence-corrected chi connectivity index (χ1v) is 10.4. The van der Waals surface area contributed by atoms with Crippen LogP contribution in [0.5, 0.6) is 0 Å². The Kier molecular flexibility index (Phi) is 4.50. The summed E-state index contributed by atoms with van der Waals surface area (Å²) in [4.78, 5) is 22.6. The average Bonchev–Trinajstić information content (AvgIpc) is 3.62. The third-order valence-electron chi connectivity index (χ3n) is 5.80. The van der Waals surface area contributed by atoms with Gasteiger partial charge in [0.05, 0.1) is 23.2 Å². The number of amides is 1. The highest BCUT2D eigenvalue weighted by Crippen LogP contribution is 2.34. The van der Waals surface area contributed by atoms with Crippen molar-refractivity contribution in [3.05, 3.63) is 71.5 Å². The Labute approximate surface area is 190 Å². The number of carbonyl (C=O) groups excluding carboxylic acids is 1. The van der Waals surface area contributed by atoms with E-state index in [2.05, 4.69) is 25.3 Å². The fourth-order valence-electron chi connectivity index (χ4n) is 4.20. The number of rotatable bonds is 4. The third kappa shape index (κ3) is 3.16. The van der Waals surface area contributed by atoms with Crippen molar-refractivity contribution in [1.82, 2.24) is 44.5 Å². The van der Waals surface area contributed by atoms with Gasteiger partial charge in [0.25, 0.3) is 5.89 Å². The number of hydrogen-bond acceptors (Lipinski definition) is 7. The zero-order valence-corrected chi connectivity index (χ0v) is 17.8. The van der Waals surface area contributed by atoms with Gasteiger partial charge in [0.1, 0.15) is 11.7 Å². The average molecular weight is 465 g/mol. The summed E-state index contributed by atoms with van der Waals surface area (Å²) < 4.78 is 33.5. The highest BCUT2D eigenvalue weighted by molar-refractivity contribution is 5.90. The minimum atomic E-state index is -2.80. The zero-order valence-electron chi connectivity index (χ0n) is 17.8. The smallest absolute Gasteiger partial charge is 0.333 e. The largest absolute Gasteiger partial charge is 0.411 e. The molecule has 1 N–H and O–H groups in total. The van der Waals surface area contributed by atoms with E-state index < -0.39 is 18.5 Å². The van der Waals surface area contributed by atoms with Gasteiger partial charge in [-0.1, -0.05) is 6.07 Å². The molecule has 0 aliphatic carbocycles. The standard InChI is InChI=1S/C21H17F2N9O2/c1-11-3-2-4-12-9-15(29-32(11)12)17-16-13(24-10-25-16)5-7-30(17)20(33)19-27-26-18(34-19)14-6-8-31(28-14)21(22)23/h2-4,6,8-10,17,21H,5,7H2,1H3,(H,24,25)/t17-/m1/s1. The Morgan fingerprint density at radius 3 is 2.91 bits per heavy atom. The summed E-state index contributed by atoms with van der Waals surface area (Å²) in [5.74, 6) is -0.912. The summed E-state index contributed by atoms with van der Waals surface area (Å²) >= 11 is 0. The Bertz CT molecular complexity index is 1520. The molecule has 1 aliphatic heterocycles. The monoisotopic (exact) mass is 465 g/mol. The van der Waals surface area contributed by atoms with Gasteiger partial charge in [0, 0.05) is 30.6 Å². The van der Waals surface area contributed by atoms with Crippen LogP contribution in [0.25, 0.3) is 17.1 Å². The SMILES string of the molecule is Cc1cccc2cc([C@@H]3c4nc[nH]c4CCN3C(=O)c3nnc(-c4ccn(C(F)F)n4)o3)nn12. The fraction of sp³-hybridized carbons (Fsp3) is 0.238. The quantitative estimate of drug-likeness (QED) is 0.433. The molecule has 0 saturated heterocycles. The molecule has 1 atom stereocenters. The number of alkyl halides is 2. The van der Waals surface area contributed by atoms with Crippen LogP contribution in [0.4, 0.5) is 8.78 Å². The number of hydrogen-bond donors (Lipinski definition) is 1. The molecular weight excluding hydrogens is 448 g/mol. The molecule has 13 heteroatoms. The molecule has 0 radical (unpaired) electrons. The van der Waals surface area contributed by atoms with Crippen LogP contribution in [0, 0.1) is 6.92 Å². The van der Waals surface area contributed by atoms with Crippen LogP contribution < -0.4 is 0 Å². The number of halogens is 2. The first kappa shape index (κ1) is 20.2. The molecule has 6 rings (SSSR count). The maximum atomic E-state index is 13.5. The van der Waals surface area contributed by atoms with Crippen molar-refractivity contribution in [3.63, 3.8) is 0 Å². The van der Waals surface area contributed by atoms with Gasteiger partial charge in [-0.15, -0.1) is 10.2 Å². The number of fused-ring (bicyclic) bond motifs is 2. The molecule has 0 fully saturated rings. The number of H-pyrrole nitrogens is 1. The van der Waals surface area contributed by atoms with Gasteiger partial charge in [-0.25, -0.2) is 14.2 Å². The number of nitrogens with zero attached hydrogens (tertiary/aromatic N) is 8. The van der Waals surface area contributed by atoms with Gasteiger partial charge in [-0.2, -0.15) is 19.0 Å². The van der Waals surface area contributed by atoms with Crippen LogP contribution in [0.1, 0.15) is 46.1 Å². The van der Waals surface area contributed by atoms with E-state index in [0.717, 1.165) is 23.1 Å². The van der Waals surface area contributed by atoms with E-state index in [4.69, 9.17) is 9.52 Å². The van der Waals surface area contributed by atoms with Crippen molar-refractivity contribution >= 4 is 11.4 Å². The van der Waals surface area contributed by atoms with Crippen molar-refractivity contribution < 1.29 is 18.0 Å². The van der Waals surface area contributed by atoms with E-state index in [1.807, 2.05) is 35.7 Å². The first-order chi connectivity index (χ1) is 16.5. The summed E-state index contributed by atoms with van der Waals surface area (Å²) in [5.41, 5.74) is 4.14. The van der Waals surface area contributed by atoms with Crippen molar-refractivity contribution in [1.29, 1.82) is 0 Å². The van der Waals surface area contributed by atoms with Gasteiger partial charge in [-0.3, -0.25) is 4.79 Å². The molecule has 5 aromatic rings. The minimum Gasteiger partial charge on any atom is -0.411 e. The third-order valence-corrected chi connectivity index (χ3v) is 5.80. The summed E-state index contributed by atoms with van der Waals surface area (Å²) in [7, 11) is 0. The Balaban J connectivity index is 1.37. The molecule has 1 amide bonds. The Morgan fingerprint density at radius 1 is 1.24 bits per heavy atom. The molecule has 0 bridgehead atoms. The lowest BCUT2D eigenvalue weighted by Crippen LogP contribution is -2.41. The Hall–Kier alpha value is -4.42. The number of imidazole rings is 1. The molecule has 34 heavy (non-hydrogen) atoms. The summed E-state index contributed by atoms with van der Waals surface area (Å²) in [6, 6.07) is 8.48. The van der Waals surface area contributed by atoms with E-state index in [1.165, 1.54) is 6.07 Å². The van der Waals surface area contributed by atoms with Gasteiger partial charge in [0.15, 0.2) is 0 Å². The highest BCUT2D eigenvalue weighted by Gasteiger charge is 2.38. The normalized spacial score (nSPS) is 15.9. The van der Waals surface area contributed by atoms with E-state index in [9.17, 15) is 13.6 Å². The van der Waals surface area contributed by atoms with E-state index in [1.54, 1.807) is 11.2 Å². The van der Waals surface area contributed by atoms with Crippen LogP contribution in [0.15, 0.2) is 47.3 Å². The van der Waals surface area contributed by atoms with Crippen molar-refractivity contribution in [3.8, 4) is 11.6 Å². The van der Waals surface area contributed by atoms with Crippen molar-refractivity contribution in [2.75, 3.05) is 6.54 Å². The number of aryl methyl sites for hydroxylation is 1. The second-order valence-corrected chi connectivity index (χ2v) is 7.86. The zero-order chi connectivity index (χ0) is 23.4. The fourth-order valence-corrected chi connectivity index (χ4v) is 4.20. The van der Waals surface area contributed by atoms with E-state index >= 15 is 0 Å². The molecule has 172 valence electrons. The molecule has 11 nitrogen and oxygen atoms in total. The minimum absolute atomic E-state index is 0.0486. The van der Waals surface area contributed by atoms with Crippen LogP contribution in [-0.4, -0.2) is 56.9 Å². The number of nitrogens with one attached hydrogen (secondary N) is 1. The maximum absolute atomic E-state index is 13.5. The topological polar surface area (TPSA) is 123 Å². The predicted octanol–water partition coefficient (Wildman–Crippen LogP) is 2.80. The molecule has 1 aliphatic rings. The second-order valence-electron chi connectivity index (χ2n) is 7.86. The predicted molar refractivity (Wildman–Crippen MR) is 112 cm³/mol. The van der Waals surface area contributed by atoms with Crippen molar-refractivity contribution in [2.45, 2.75) is 25.9 Å². The van der Waals surface area contributed by atoms with Crippen LogP contribution in [0.3, 0.4) is 0 Å². The highest BCUT2D eigenvalue weighted by atomic mass is 19.3. The van der Waals surface area contributed by atoms with Crippen LogP contribution >= 0.6 is 0 Å². The van der Waals surface area contributed by atoms with E-state index in [0.29, 0.717) is 29.0 Å². The van der Waals surface area contributed by atoms with Gasteiger partial charge in [-0.05, 0) is 31.2 Å². The first-order valence-electron chi connectivity index (χ1n) is 10.4. The number of aromatic nitrogens is 8. The number of pyridine rings is 1. The van der Waals surface area contributed by atoms with Crippen LogP contribution in [-0.2, 0) is 6.42 Å². The maximum Gasteiger partial charge on any atom is 0.333 e. The number of carbonyl (C=O) groups is 1. The molecule has 0 aromatic carbocycles. The molecule has 5 aromatic heterocycles. The van der Waals surface area contributed by atoms with Gasteiger partial charge in [0.2, 0.25) is 0 Å². The summed E-state index contributed by atoms with van der Waals surface area (Å²) in [5, 5.41) is 16.1. The molecule has 0 saturated carbocycles. The molecule has 0 spiro atoms. The van der Waals surface area contributed by atoms with Crippen molar-refractivity contribution in [2.24, 2.45) is 0 Å². The molecule has 6 heterocycles. The molecule has 0 unspecified atom stereocenters. The lowest BCUT2D eigenvalue weighted by atomic mass is 9.99. The summed E-state index contributed by atoms with van der Waals surface area (Å²) in [6.45, 7) is -0.490.